The Morgan fingerprint density at radius 2 is 1.75 bits per heavy atom. The number of rotatable bonds is 3. The summed E-state index contributed by atoms with van der Waals surface area (Å²) in [4.78, 5) is 0. The average Bonchev–Trinajstić information content (AvgIpc) is 2.78. The van der Waals surface area contributed by atoms with E-state index in [0.717, 1.165) is 29.6 Å². The van der Waals surface area contributed by atoms with Crippen LogP contribution in [0.3, 0.4) is 0 Å². The van der Waals surface area contributed by atoms with Gasteiger partial charge < -0.3 is 0 Å². The van der Waals surface area contributed by atoms with Gasteiger partial charge in [-0.25, -0.2) is 0 Å². The second-order valence-electron chi connectivity index (χ2n) is 5.02. The van der Waals surface area contributed by atoms with Crippen LogP contribution < -0.4 is 0 Å². The molecule has 0 radical (unpaired) electrons. The Morgan fingerprint density at radius 3 is 2.08 bits per heavy atom. The fourth-order valence-electron chi connectivity index (χ4n) is 3.60. The summed E-state index contributed by atoms with van der Waals surface area (Å²) in [6.07, 6.45) is 5.94. The van der Waals surface area contributed by atoms with Crippen LogP contribution in [0.5, 0.6) is 0 Å². The number of fused-ring (bicyclic) bond motifs is 1. The minimum atomic E-state index is 1.05. The zero-order chi connectivity index (χ0) is 8.72. The van der Waals surface area contributed by atoms with E-state index in [0.29, 0.717) is 0 Å². The van der Waals surface area contributed by atoms with Crippen molar-refractivity contribution in [1.82, 2.24) is 0 Å². The molecule has 4 atom stereocenters. The Balaban J connectivity index is 1.96. The Kier molecular flexibility index (Phi) is 2.18. The molecule has 0 heterocycles. The lowest BCUT2D eigenvalue weighted by Gasteiger charge is -2.22. The van der Waals surface area contributed by atoms with E-state index < -0.39 is 0 Å². The minimum Gasteiger partial charge on any atom is -0.0651 e. The highest BCUT2D eigenvalue weighted by Gasteiger charge is 2.53. The van der Waals surface area contributed by atoms with Crippen LogP contribution in [0.2, 0.25) is 0 Å². The summed E-state index contributed by atoms with van der Waals surface area (Å²) < 4.78 is 0. The zero-order valence-electron chi connectivity index (χ0n) is 8.72. The van der Waals surface area contributed by atoms with Crippen molar-refractivity contribution in [1.29, 1.82) is 0 Å². The molecule has 0 amide bonds. The van der Waals surface area contributed by atoms with E-state index in [1.165, 1.54) is 12.8 Å². The van der Waals surface area contributed by atoms with Crippen molar-refractivity contribution in [3.8, 4) is 0 Å². The molecule has 0 aromatic rings. The van der Waals surface area contributed by atoms with Gasteiger partial charge in [-0.15, -0.1) is 0 Å². The highest BCUT2D eigenvalue weighted by molar-refractivity contribution is 5.02. The summed E-state index contributed by atoms with van der Waals surface area (Å²) in [5.41, 5.74) is 0. The van der Waals surface area contributed by atoms with E-state index in [2.05, 4.69) is 20.8 Å². The predicted molar refractivity (Wildman–Crippen MR) is 52.9 cm³/mol. The third kappa shape index (κ3) is 1.20. The smallest absolute Gasteiger partial charge is 0.0349 e. The lowest BCUT2D eigenvalue weighted by molar-refractivity contribution is 0.275. The maximum atomic E-state index is 2.47. The SMILES string of the molecule is CCC(CC)C1CC(C)C2CC21. The third-order valence-electron chi connectivity index (χ3n) is 4.47. The van der Waals surface area contributed by atoms with E-state index in [1.54, 1.807) is 12.8 Å². The van der Waals surface area contributed by atoms with E-state index in [9.17, 15) is 0 Å². The molecule has 0 aliphatic heterocycles. The van der Waals surface area contributed by atoms with Gasteiger partial charge in [0.15, 0.2) is 0 Å². The molecule has 2 rings (SSSR count). The Hall–Kier alpha value is 0. The van der Waals surface area contributed by atoms with Gasteiger partial charge in [0.1, 0.15) is 0 Å². The minimum absolute atomic E-state index is 1.05. The van der Waals surface area contributed by atoms with E-state index in [4.69, 9.17) is 0 Å². The topological polar surface area (TPSA) is 0 Å². The van der Waals surface area contributed by atoms with Gasteiger partial charge >= 0.3 is 0 Å². The van der Waals surface area contributed by atoms with Crippen molar-refractivity contribution in [3.05, 3.63) is 0 Å². The van der Waals surface area contributed by atoms with Gasteiger partial charge in [0.25, 0.3) is 0 Å². The largest absolute Gasteiger partial charge is 0.0651 e. The van der Waals surface area contributed by atoms with Gasteiger partial charge in [-0.05, 0) is 42.4 Å². The first-order valence-corrected chi connectivity index (χ1v) is 5.77. The van der Waals surface area contributed by atoms with Crippen LogP contribution in [0.15, 0.2) is 0 Å². The molecule has 12 heavy (non-hydrogen) atoms. The van der Waals surface area contributed by atoms with E-state index in [1.807, 2.05) is 0 Å². The molecule has 0 saturated heterocycles. The fourth-order valence-corrected chi connectivity index (χ4v) is 3.60. The molecule has 70 valence electrons. The van der Waals surface area contributed by atoms with Crippen LogP contribution >= 0.6 is 0 Å². The highest BCUT2D eigenvalue weighted by Crippen LogP contribution is 2.61. The second kappa shape index (κ2) is 3.05. The van der Waals surface area contributed by atoms with Gasteiger partial charge in [-0.2, -0.15) is 0 Å². The first kappa shape index (κ1) is 8.59. The van der Waals surface area contributed by atoms with Crippen molar-refractivity contribution in [2.45, 2.75) is 46.5 Å². The van der Waals surface area contributed by atoms with E-state index in [-0.39, 0.29) is 0 Å². The summed E-state index contributed by atoms with van der Waals surface area (Å²) in [6.45, 7) is 7.20. The Morgan fingerprint density at radius 1 is 1.08 bits per heavy atom. The molecule has 4 unspecified atom stereocenters. The molecule has 2 fully saturated rings. The number of hydrogen-bond acceptors (Lipinski definition) is 0. The zero-order valence-corrected chi connectivity index (χ0v) is 8.72. The lowest BCUT2D eigenvalue weighted by atomic mass is 9.83. The molecule has 2 aliphatic rings. The molecule has 0 heteroatoms. The molecule has 2 aliphatic carbocycles. The Labute approximate surface area is 76.7 Å². The number of hydrogen-bond donors (Lipinski definition) is 0. The highest BCUT2D eigenvalue weighted by atomic mass is 14.6. The summed E-state index contributed by atoms with van der Waals surface area (Å²) in [7, 11) is 0. The first-order valence-electron chi connectivity index (χ1n) is 5.77. The maximum absolute atomic E-state index is 2.47. The summed E-state index contributed by atoms with van der Waals surface area (Å²) in [6, 6.07) is 0. The molecule has 0 spiro atoms. The van der Waals surface area contributed by atoms with Gasteiger partial charge in [0, 0.05) is 0 Å². The van der Waals surface area contributed by atoms with Crippen molar-refractivity contribution >= 4 is 0 Å². The Bertz CT molecular complexity index is 157. The fraction of sp³-hybridized carbons (Fsp3) is 1.00. The van der Waals surface area contributed by atoms with Crippen LogP contribution in [-0.4, -0.2) is 0 Å². The monoisotopic (exact) mass is 166 g/mol. The molecular weight excluding hydrogens is 144 g/mol. The van der Waals surface area contributed by atoms with Crippen LogP contribution in [0.4, 0.5) is 0 Å². The summed E-state index contributed by atoms with van der Waals surface area (Å²) >= 11 is 0. The van der Waals surface area contributed by atoms with E-state index >= 15 is 0 Å². The lowest BCUT2D eigenvalue weighted by Crippen LogP contribution is -2.13. The summed E-state index contributed by atoms with van der Waals surface area (Å²) in [5, 5.41) is 0. The molecular formula is C12H22. The normalized spacial score (nSPS) is 45.0. The van der Waals surface area contributed by atoms with Crippen molar-refractivity contribution in [2.24, 2.45) is 29.6 Å². The first-order chi connectivity index (χ1) is 5.77. The average molecular weight is 166 g/mol. The van der Waals surface area contributed by atoms with Gasteiger partial charge in [-0.3, -0.25) is 0 Å². The van der Waals surface area contributed by atoms with Gasteiger partial charge in [-0.1, -0.05) is 33.6 Å². The van der Waals surface area contributed by atoms with Crippen LogP contribution in [0, 0.1) is 29.6 Å². The maximum Gasteiger partial charge on any atom is -0.0349 e. The van der Waals surface area contributed by atoms with Gasteiger partial charge in [0.05, 0.1) is 0 Å². The molecule has 0 bridgehead atoms. The third-order valence-corrected chi connectivity index (χ3v) is 4.47. The van der Waals surface area contributed by atoms with Crippen molar-refractivity contribution in [3.63, 3.8) is 0 Å². The molecule has 2 saturated carbocycles. The summed E-state index contributed by atoms with van der Waals surface area (Å²) in [5.74, 6) is 5.52. The second-order valence-corrected chi connectivity index (χ2v) is 5.02. The quantitative estimate of drug-likeness (QED) is 0.599. The van der Waals surface area contributed by atoms with Gasteiger partial charge in [0.2, 0.25) is 0 Å². The predicted octanol–water partition coefficient (Wildman–Crippen LogP) is 3.71. The standard InChI is InChI=1S/C12H22/c1-4-9(5-2)11-6-8(3)10-7-12(10)11/h8-12H,4-7H2,1-3H3. The molecule has 0 aromatic carbocycles. The van der Waals surface area contributed by atoms with Crippen LogP contribution in [-0.2, 0) is 0 Å². The van der Waals surface area contributed by atoms with Crippen molar-refractivity contribution < 1.29 is 0 Å². The van der Waals surface area contributed by atoms with Crippen LogP contribution in [0.1, 0.15) is 46.5 Å². The van der Waals surface area contributed by atoms with Crippen molar-refractivity contribution in [2.75, 3.05) is 0 Å². The molecule has 0 nitrogen and oxygen atoms in total. The molecule has 0 aromatic heterocycles. The van der Waals surface area contributed by atoms with Crippen LogP contribution in [0.25, 0.3) is 0 Å². The molecule has 0 N–H and O–H groups in total.